The number of aryl methyl sites for hydroxylation is 2. The van der Waals surface area contributed by atoms with Crippen LogP contribution in [0.2, 0.25) is 0 Å². The summed E-state index contributed by atoms with van der Waals surface area (Å²) in [5.41, 5.74) is 6.30. The number of piperazine rings is 1. The summed E-state index contributed by atoms with van der Waals surface area (Å²) < 4.78 is 22.7. The summed E-state index contributed by atoms with van der Waals surface area (Å²) in [7, 11) is 0. The SMILES string of the molecule is CCCC(C(=O)NCc1ccc(F)c(-c2cccc(CN3CCN(C(=O)O)[C@@H](C)C3)c2)c1)C(=O)NCc1c(CC)nc2c(cnn2CC)c1NC1CCOCC1. The van der Waals surface area contributed by atoms with Gasteiger partial charge in [-0.3, -0.25) is 14.5 Å². The third-order valence-electron chi connectivity index (χ3n) is 10.9. The highest BCUT2D eigenvalue weighted by atomic mass is 19.1. The Bertz CT molecular complexity index is 2010. The van der Waals surface area contributed by atoms with Gasteiger partial charge in [0, 0.05) is 87.9 Å². The van der Waals surface area contributed by atoms with Gasteiger partial charge in [0.05, 0.1) is 17.3 Å². The molecule has 4 aromatic rings. The second kappa shape index (κ2) is 18.7. The molecule has 4 N–H and O–H groups in total. The van der Waals surface area contributed by atoms with Gasteiger partial charge < -0.3 is 30.7 Å². The number of carbonyl (C=O) groups excluding carboxylic acids is 2. The first-order valence-corrected chi connectivity index (χ1v) is 20.0. The zero-order valence-electron chi connectivity index (χ0n) is 32.9. The van der Waals surface area contributed by atoms with Gasteiger partial charge in [-0.25, -0.2) is 18.9 Å². The Morgan fingerprint density at radius 2 is 1.77 bits per heavy atom. The molecular formula is C42H55FN8O5. The molecule has 56 heavy (non-hydrogen) atoms. The van der Waals surface area contributed by atoms with Crippen LogP contribution in [0.15, 0.2) is 48.7 Å². The van der Waals surface area contributed by atoms with Crippen molar-refractivity contribution in [2.45, 2.75) is 98.1 Å². The minimum Gasteiger partial charge on any atom is -0.465 e. The molecule has 2 aliphatic rings. The number of fused-ring (bicyclic) bond motifs is 1. The van der Waals surface area contributed by atoms with Crippen molar-refractivity contribution in [3.05, 3.63) is 76.9 Å². The lowest BCUT2D eigenvalue weighted by atomic mass is 9.99. The lowest BCUT2D eigenvalue weighted by Crippen LogP contribution is -2.53. The van der Waals surface area contributed by atoms with Gasteiger partial charge in [-0.05, 0) is 74.4 Å². The van der Waals surface area contributed by atoms with Crippen LogP contribution in [0.25, 0.3) is 22.2 Å². The molecular weight excluding hydrogens is 716 g/mol. The number of ether oxygens (including phenoxy) is 1. The highest BCUT2D eigenvalue weighted by molar-refractivity contribution is 6.00. The van der Waals surface area contributed by atoms with Gasteiger partial charge in [-0.1, -0.05) is 44.5 Å². The van der Waals surface area contributed by atoms with E-state index in [9.17, 15) is 19.5 Å². The average molecular weight is 771 g/mol. The van der Waals surface area contributed by atoms with Gasteiger partial charge in [-0.2, -0.15) is 5.10 Å². The third-order valence-corrected chi connectivity index (χ3v) is 10.9. The molecule has 13 nitrogen and oxygen atoms in total. The van der Waals surface area contributed by atoms with Gasteiger partial charge >= 0.3 is 6.09 Å². The summed E-state index contributed by atoms with van der Waals surface area (Å²) in [5.74, 6) is -2.03. The van der Waals surface area contributed by atoms with Crippen molar-refractivity contribution >= 4 is 34.6 Å². The predicted octanol–water partition coefficient (Wildman–Crippen LogP) is 5.94. The Kier molecular flexibility index (Phi) is 13.6. The fraction of sp³-hybridized carbons (Fsp3) is 0.500. The second-order valence-electron chi connectivity index (χ2n) is 14.8. The summed E-state index contributed by atoms with van der Waals surface area (Å²) >= 11 is 0. The summed E-state index contributed by atoms with van der Waals surface area (Å²) in [6.07, 6.45) is 4.33. The Morgan fingerprint density at radius 3 is 2.46 bits per heavy atom. The summed E-state index contributed by atoms with van der Waals surface area (Å²) in [6, 6.07) is 12.6. The number of aromatic nitrogens is 3. The maximum atomic E-state index is 15.3. The van der Waals surface area contributed by atoms with Crippen LogP contribution in [0, 0.1) is 11.7 Å². The normalized spacial score (nSPS) is 17.2. The Hall–Kier alpha value is -5.08. The fourth-order valence-corrected chi connectivity index (χ4v) is 7.84. The second-order valence-corrected chi connectivity index (χ2v) is 14.8. The first-order valence-electron chi connectivity index (χ1n) is 20.0. The molecule has 14 heteroatoms. The maximum absolute atomic E-state index is 15.3. The minimum absolute atomic E-state index is 0.118. The topological polar surface area (TPSA) is 154 Å². The van der Waals surface area contributed by atoms with Crippen LogP contribution in [0.5, 0.6) is 0 Å². The first-order chi connectivity index (χ1) is 27.1. The number of anilines is 1. The highest BCUT2D eigenvalue weighted by Gasteiger charge is 2.29. The van der Waals surface area contributed by atoms with Gasteiger partial charge in [0.2, 0.25) is 11.8 Å². The molecule has 4 heterocycles. The number of nitrogens with one attached hydrogen (secondary N) is 3. The number of nitrogens with zero attached hydrogens (tertiary/aromatic N) is 5. The third kappa shape index (κ3) is 9.47. The molecule has 2 aromatic heterocycles. The highest BCUT2D eigenvalue weighted by Crippen LogP contribution is 2.32. The van der Waals surface area contributed by atoms with Crippen LogP contribution < -0.4 is 16.0 Å². The van der Waals surface area contributed by atoms with Crippen LogP contribution >= 0.6 is 0 Å². The van der Waals surface area contributed by atoms with E-state index in [1.807, 2.05) is 62.8 Å². The summed E-state index contributed by atoms with van der Waals surface area (Å²) in [4.78, 5) is 47.5. The number of benzene rings is 2. The summed E-state index contributed by atoms with van der Waals surface area (Å²) in [5, 5.41) is 24.6. The average Bonchev–Trinajstić information content (AvgIpc) is 3.62. The van der Waals surface area contributed by atoms with Crippen LogP contribution in [-0.2, 0) is 46.9 Å². The zero-order valence-corrected chi connectivity index (χ0v) is 32.9. The van der Waals surface area contributed by atoms with Crippen molar-refractivity contribution in [1.82, 2.24) is 35.2 Å². The van der Waals surface area contributed by atoms with Gasteiger partial charge in [0.1, 0.15) is 11.7 Å². The molecule has 0 aliphatic carbocycles. The van der Waals surface area contributed by atoms with Crippen molar-refractivity contribution in [2.75, 3.05) is 38.2 Å². The number of carboxylic acid groups (broad SMARTS) is 1. The van der Waals surface area contributed by atoms with E-state index in [4.69, 9.17) is 9.72 Å². The number of amides is 3. The van der Waals surface area contributed by atoms with E-state index < -0.39 is 12.0 Å². The van der Waals surface area contributed by atoms with Crippen LogP contribution in [0.3, 0.4) is 0 Å². The van der Waals surface area contributed by atoms with E-state index in [-0.39, 0.29) is 42.8 Å². The molecule has 3 amide bonds. The lowest BCUT2D eigenvalue weighted by molar-refractivity contribution is -0.135. The quantitative estimate of drug-likeness (QED) is 0.108. The van der Waals surface area contributed by atoms with Gasteiger partial charge in [-0.15, -0.1) is 0 Å². The zero-order chi connectivity index (χ0) is 39.8. The molecule has 2 saturated heterocycles. The van der Waals surface area contributed by atoms with Crippen molar-refractivity contribution in [3.8, 4) is 11.1 Å². The van der Waals surface area contributed by atoms with Crippen molar-refractivity contribution in [3.63, 3.8) is 0 Å². The standard InChI is InChI=1S/C42H55FN8O5/c1-5-9-32(41(53)45-23-34-37(6-2)48-39-35(24-46-51(39)7-3)38(34)47-31-14-18-56-19-15-31)40(52)44-22-28-12-13-36(43)33(21-28)30-11-8-10-29(20-30)26-49-16-17-50(42(54)55)27(4)25-49/h8,10-13,20-21,24,27,31-32H,5-7,9,14-19,22-23,25-26H2,1-4H3,(H,44,52)(H,45,53)(H,47,48)(H,54,55)/t27-,32?/m0/s1. The molecule has 2 atom stereocenters. The molecule has 300 valence electrons. The fourth-order valence-electron chi connectivity index (χ4n) is 7.84. The minimum atomic E-state index is -0.909. The Balaban J connectivity index is 1.12. The molecule has 2 aromatic carbocycles. The largest absolute Gasteiger partial charge is 0.465 e. The van der Waals surface area contributed by atoms with Gasteiger partial charge in [0.15, 0.2) is 5.65 Å². The van der Waals surface area contributed by atoms with E-state index in [0.717, 1.165) is 46.4 Å². The first kappa shape index (κ1) is 40.6. The number of hydrogen-bond acceptors (Lipinski definition) is 8. The molecule has 0 bridgehead atoms. The monoisotopic (exact) mass is 770 g/mol. The number of rotatable bonds is 15. The molecule has 6 rings (SSSR count). The Morgan fingerprint density at radius 1 is 1.00 bits per heavy atom. The van der Waals surface area contributed by atoms with E-state index in [0.29, 0.717) is 81.9 Å². The van der Waals surface area contributed by atoms with Crippen LogP contribution in [0.1, 0.15) is 75.8 Å². The molecule has 0 radical (unpaired) electrons. The molecule has 0 spiro atoms. The van der Waals surface area contributed by atoms with Crippen molar-refractivity contribution < 1.29 is 28.6 Å². The number of hydrogen-bond donors (Lipinski definition) is 4. The number of carbonyl (C=O) groups is 3. The molecule has 2 aliphatic heterocycles. The van der Waals surface area contributed by atoms with Crippen molar-refractivity contribution in [1.29, 1.82) is 0 Å². The molecule has 0 saturated carbocycles. The van der Waals surface area contributed by atoms with Crippen LogP contribution in [0.4, 0.5) is 14.9 Å². The van der Waals surface area contributed by atoms with E-state index in [1.54, 1.807) is 12.1 Å². The lowest BCUT2D eigenvalue weighted by Gasteiger charge is -2.38. The number of halogens is 1. The van der Waals surface area contributed by atoms with E-state index in [2.05, 4.69) is 25.9 Å². The predicted molar refractivity (Wildman–Crippen MR) is 213 cm³/mol. The molecule has 1 unspecified atom stereocenters. The molecule has 2 fully saturated rings. The Labute approximate surface area is 328 Å². The summed E-state index contributed by atoms with van der Waals surface area (Å²) in [6.45, 7) is 12.6. The smallest absolute Gasteiger partial charge is 0.407 e. The number of pyridine rings is 1. The maximum Gasteiger partial charge on any atom is 0.407 e. The van der Waals surface area contributed by atoms with E-state index in [1.165, 1.54) is 11.0 Å². The van der Waals surface area contributed by atoms with Crippen molar-refractivity contribution in [2.24, 2.45) is 5.92 Å². The van der Waals surface area contributed by atoms with Gasteiger partial charge in [0.25, 0.3) is 0 Å². The van der Waals surface area contributed by atoms with Crippen LogP contribution in [-0.4, -0.2) is 92.5 Å². The van der Waals surface area contributed by atoms with E-state index >= 15 is 4.39 Å².